The number of hydrogen-bond acceptors (Lipinski definition) is 4. The van der Waals surface area contributed by atoms with E-state index in [-0.39, 0.29) is 0 Å². The van der Waals surface area contributed by atoms with Gasteiger partial charge in [-0.3, -0.25) is 0 Å². The number of nitrogens with zero attached hydrogens (tertiary/aromatic N) is 4. The van der Waals surface area contributed by atoms with Crippen molar-refractivity contribution >= 4 is 0 Å². The second-order valence-electron chi connectivity index (χ2n) is 5.12. The van der Waals surface area contributed by atoms with Gasteiger partial charge in [-0.1, -0.05) is 0 Å². The lowest BCUT2D eigenvalue weighted by Crippen LogP contribution is -2.08. The normalized spacial score (nSPS) is 13.7. The Labute approximate surface area is 117 Å². The molecule has 0 N–H and O–H groups in total. The SMILES string of the molecule is Cc1cc(Oc2nc3c(cc2C#N)CCCC3)n(C)n1. The molecule has 0 saturated heterocycles. The van der Waals surface area contributed by atoms with Gasteiger partial charge in [0.15, 0.2) is 0 Å². The van der Waals surface area contributed by atoms with Crippen molar-refractivity contribution in [3.8, 4) is 17.8 Å². The summed E-state index contributed by atoms with van der Waals surface area (Å²) in [6.45, 7) is 1.90. The summed E-state index contributed by atoms with van der Waals surface area (Å²) in [5.41, 5.74) is 3.61. The minimum atomic E-state index is 0.385. The minimum Gasteiger partial charge on any atom is -0.420 e. The molecule has 0 bridgehead atoms. The molecule has 0 saturated carbocycles. The van der Waals surface area contributed by atoms with E-state index in [2.05, 4.69) is 16.2 Å². The van der Waals surface area contributed by atoms with E-state index in [0.29, 0.717) is 17.3 Å². The van der Waals surface area contributed by atoms with E-state index in [9.17, 15) is 5.26 Å². The van der Waals surface area contributed by atoms with Crippen LogP contribution in [0.2, 0.25) is 0 Å². The van der Waals surface area contributed by atoms with Crippen molar-refractivity contribution < 1.29 is 4.74 Å². The van der Waals surface area contributed by atoms with Gasteiger partial charge in [0, 0.05) is 18.8 Å². The molecule has 0 atom stereocenters. The maximum Gasteiger partial charge on any atom is 0.239 e. The molecule has 102 valence electrons. The Morgan fingerprint density at radius 2 is 2.10 bits per heavy atom. The van der Waals surface area contributed by atoms with E-state index < -0.39 is 0 Å². The van der Waals surface area contributed by atoms with E-state index >= 15 is 0 Å². The number of nitriles is 1. The van der Waals surface area contributed by atoms with Gasteiger partial charge in [0.25, 0.3) is 0 Å². The van der Waals surface area contributed by atoms with Crippen LogP contribution < -0.4 is 4.74 Å². The summed E-state index contributed by atoms with van der Waals surface area (Å²) >= 11 is 0. The molecule has 0 unspecified atom stereocenters. The van der Waals surface area contributed by atoms with Gasteiger partial charge in [-0.2, -0.15) is 10.4 Å². The molecule has 2 aromatic heterocycles. The smallest absolute Gasteiger partial charge is 0.239 e. The van der Waals surface area contributed by atoms with Crippen LogP contribution in [0.1, 0.15) is 35.4 Å². The highest BCUT2D eigenvalue weighted by atomic mass is 16.5. The molecule has 1 aliphatic carbocycles. The zero-order valence-corrected chi connectivity index (χ0v) is 11.7. The van der Waals surface area contributed by atoms with Gasteiger partial charge >= 0.3 is 0 Å². The molecule has 5 heteroatoms. The first-order chi connectivity index (χ1) is 9.67. The lowest BCUT2D eigenvalue weighted by Gasteiger charge is -2.16. The second kappa shape index (κ2) is 4.97. The molecule has 0 aromatic carbocycles. The molecule has 3 rings (SSSR count). The van der Waals surface area contributed by atoms with Gasteiger partial charge in [-0.25, -0.2) is 9.67 Å². The Bertz CT molecular complexity index is 697. The van der Waals surface area contributed by atoms with Crippen molar-refractivity contribution in [2.24, 2.45) is 7.05 Å². The molecule has 0 fully saturated rings. The van der Waals surface area contributed by atoms with Crippen molar-refractivity contribution in [3.05, 3.63) is 34.6 Å². The standard InChI is InChI=1S/C15H16N4O/c1-10-7-14(19(2)18-10)20-15-12(9-16)8-11-5-3-4-6-13(11)17-15/h7-8H,3-6H2,1-2H3. The first-order valence-electron chi connectivity index (χ1n) is 6.79. The zero-order chi connectivity index (χ0) is 14.1. The number of fused-ring (bicyclic) bond motifs is 1. The summed E-state index contributed by atoms with van der Waals surface area (Å²) in [6, 6.07) is 5.93. The quantitative estimate of drug-likeness (QED) is 0.840. The van der Waals surface area contributed by atoms with Gasteiger partial charge < -0.3 is 4.74 Å². The summed E-state index contributed by atoms with van der Waals surface area (Å²) in [5.74, 6) is 0.985. The van der Waals surface area contributed by atoms with Crippen molar-refractivity contribution in [1.29, 1.82) is 5.26 Å². The lowest BCUT2D eigenvalue weighted by atomic mass is 9.95. The molecular weight excluding hydrogens is 252 g/mol. The maximum atomic E-state index is 9.28. The van der Waals surface area contributed by atoms with Gasteiger partial charge in [0.1, 0.15) is 11.6 Å². The first-order valence-corrected chi connectivity index (χ1v) is 6.79. The van der Waals surface area contributed by atoms with Gasteiger partial charge in [0.2, 0.25) is 11.8 Å². The van der Waals surface area contributed by atoms with E-state index in [1.54, 1.807) is 4.68 Å². The van der Waals surface area contributed by atoms with Crippen LogP contribution in [-0.4, -0.2) is 14.8 Å². The molecule has 20 heavy (non-hydrogen) atoms. The maximum absolute atomic E-state index is 9.28. The largest absolute Gasteiger partial charge is 0.420 e. The minimum absolute atomic E-state index is 0.385. The molecule has 2 aromatic rings. The molecule has 0 radical (unpaired) electrons. The second-order valence-corrected chi connectivity index (χ2v) is 5.12. The number of aromatic nitrogens is 3. The Balaban J connectivity index is 2.00. The highest BCUT2D eigenvalue weighted by Crippen LogP contribution is 2.28. The third-order valence-electron chi connectivity index (χ3n) is 3.55. The van der Waals surface area contributed by atoms with Crippen LogP contribution >= 0.6 is 0 Å². The van der Waals surface area contributed by atoms with Crippen LogP contribution in [0.3, 0.4) is 0 Å². The average Bonchev–Trinajstić information content (AvgIpc) is 2.76. The molecule has 1 aliphatic rings. The predicted octanol–water partition coefficient (Wildman–Crippen LogP) is 2.67. The number of rotatable bonds is 2. The molecular formula is C15H16N4O. The van der Waals surface area contributed by atoms with Crippen LogP contribution in [0.25, 0.3) is 0 Å². The molecule has 2 heterocycles. The van der Waals surface area contributed by atoms with Gasteiger partial charge in [0.05, 0.1) is 5.69 Å². The van der Waals surface area contributed by atoms with Crippen LogP contribution in [0.4, 0.5) is 0 Å². The van der Waals surface area contributed by atoms with E-state index in [1.165, 1.54) is 12.0 Å². The Morgan fingerprint density at radius 3 is 2.80 bits per heavy atom. The van der Waals surface area contributed by atoms with Crippen LogP contribution in [0, 0.1) is 18.3 Å². The van der Waals surface area contributed by atoms with Crippen LogP contribution in [0.5, 0.6) is 11.8 Å². The fourth-order valence-electron chi connectivity index (χ4n) is 2.55. The fraction of sp³-hybridized carbons (Fsp3) is 0.400. The summed E-state index contributed by atoms with van der Waals surface area (Å²) in [5, 5.41) is 13.5. The van der Waals surface area contributed by atoms with Crippen molar-refractivity contribution in [3.63, 3.8) is 0 Å². The van der Waals surface area contributed by atoms with E-state index in [1.807, 2.05) is 26.1 Å². The Kier molecular flexibility index (Phi) is 3.15. The highest BCUT2D eigenvalue weighted by molar-refractivity contribution is 5.44. The molecule has 0 aliphatic heterocycles. The Morgan fingerprint density at radius 1 is 1.30 bits per heavy atom. The topological polar surface area (TPSA) is 63.7 Å². The fourth-order valence-corrected chi connectivity index (χ4v) is 2.55. The number of ether oxygens (including phenoxy) is 1. The zero-order valence-electron chi connectivity index (χ0n) is 11.7. The van der Waals surface area contributed by atoms with E-state index in [4.69, 9.17) is 4.74 Å². The average molecular weight is 268 g/mol. The van der Waals surface area contributed by atoms with Gasteiger partial charge in [-0.15, -0.1) is 0 Å². The van der Waals surface area contributed by atoms with Gasteiger partial charge in [-0.05, 0) is 44.2 Å². The number of hydrogen-bond donors (Lipinski definition) is 0. The third kappa shape index (κ3) is 2.25. The molecule has 0 spiro atoms. The summed E-state index contributed by atoms with van der Waals surface area (Å²) in [7, 11) is 1.81. The summed E-state index contributed by atoms with van der Waals surface area (Å²) in [6.07, 6.45) is 4.28. The lowest BCUT2D eigenvalue weighted by molar-refractivity contribution is 0.411. The third-order valence-corrected chi connectivity index (χ3v) is 3.55. The summed E-state index contributed by atoms with van der Waals surface area (Å²) < 4.78 is 7.44. The highest BCUT2D eigenvalue weighted by Gasteiger charge is 2.17. The number of aryl methyl sites for hydroxylation is 4. The molecule has 5 nitrogen and oxygen atoms in total. The monoisotopic (exact) mass is 268 g/mol. The summed E-state index contributed by atoms with van der Waals surface area (Å²) in [4.78, 5) is 4.54. The molecule has 0 amide bonds. The Hall–Kier alpha value is -2.35. The van der Waals surface area contributed by atoms with Crippen molar-refractivity contribution in [2.45, 2.75) is 32.6 Å². The van der Waals surface area contributed by atoms with Crippen LogP contribution in [0.15, 0.2) is 12.1 Å². The van der Waals surface area contributed by atoms with Crippen molar-refractivity contribution in [1.82, 2.24) is 14.8 Å². The number of pyridine rings is 1. The first kappa shape index (κ1) is 12.7. The predicted molar refractivity (Wildman–Crippen MR) is 73.6 cm³/mol. The van der Waals surface area contributed by atoms with Crippen LogP contribution in [-0.2, 0) is 19.9 Å². The van der Waals surface area contributed by atoms with Crippen molar-refractivity contribution in [2.75, 3.05) is 0 Å². The van der Waals surface area contributed by atoms with E-state index in [0.717, 1.165) is 30.7 Å².